The van der Waals surface area contributed by atoms with Crippen LogP contribution in [-0.2, 0) is 18.4 Å². The molecule has 7 heteroatoms. The van der Waals surface area contributed by atoms with Crippen LogP contribution in [0.3, 0.4) is 0 Å². The molecule has 2 aromatic heterocycles. The number of amides is 1. The lowest BCUT2D eigenvalue weighted by Crippen LogP contribution is -2.44. The summed E-state index contributed by atoms with van der Waals surface area (Å²) in [7, 11) is 2.02. The lowest BCUT2D eigenvalue weighted by Gasteiger charge is -2.36. The minimum Gasteiger partial charge on any atom is -0.342 e. The Morgan fingerprint density at radius 1 is 1.25 bits per heavy atom. The summed E-state index contributed by atoms with van der Waals surface area (Å²) >= 11 is 0. The predicted octanol–water partition coefficient (Wildman–Crippen LogP) is 1.57. The van der Waals surface area contributed by atoms with Gasteiger partial charge >= 0.3 is 0 Å². The Morgan fingerprint density at radius 3 is 2.83 bits per heavy atom. The van der Waals surface area contributed by atoms with Crippen molar-refractivity contribution < 1.29 is 4.79 Å². The molecule has 1 atom stereocenters. The maximum atomic E-state index is 12.5. The van der Waals surface area contributed by atoms with Crippen LogP contribution in [-0.4, -0.2) is 48.2 Å². The molecule has 1 saturated carbocycles. The van der Waals surface area contributed by atoms with Crippen molar-refractivity contribution >= 4 is 5.91 Å². The Morgan fingerprint density at radius 2 is 2.12 bits per heavy atom. The highest BCUT2D eigenvalue weighted by atomic mass is 16.2. The number of likely N-dealkylation sites (tertiary alicyclic amines) is 1. The van der Waals surface area contributed by atoms with Gasteiger partial charge in [0.25, 0.3) is 0 Å². The summed E-state index contributed by atoms with van der Waals surface area (Å²) in [5, 5.41) is 8.79. The predicted molar refractivity (Wildman–Crippen MR) is 88.2 cm³/mol. The molecule has 2 fully saturated rings. The van der Waals surface area contributed by atoms with Gasteiger partial charge < -0.3 is 14.0 Å². The first kappa shape index (κ1) is 15.4. The summed E-state index contributed by atoms with van der Waals surface area (Å²) in [5.41, 5.74) is 0. The average Bonchev–Trinajstić information content (AvgIpc) is 3.17. The summed E-state index contributed by atoms with van der Waals surface area (Å²) < 4.78 is 4.07. The Hall–Kier alpha value is -2.18. The van der Waals surface area contributed by atoms with E-state index in [1.54, 1.807) is 12.5 Å². The third kappa shape index (κ3) is 2.83. The summed E-state index contributed by atoms with van der Waals surface area (Å²) in [4.78, 5) is 18.7. The van der Waals surface area contributed by atoms with Gasteiger partial charge in [-0.25, -0.2) is 4.98 Å². The summed E-state index contributed by atoms with van der Waals surface area (Å²) in [5.74, 6) is 2.84. The molecule has 0 bridgehead atoms. The molecule has 0 radical (unpaired) electrons. The zero-order chi connectivity index (χ0) is 16.5. The average molecular weight is 328 g/mol. The lowest BCUT2D eigenvalue weighted by atomic mass is 9.83. The number of rotatable bonds is 4. The number of piperidine rings is 1. The summed E-state index contributed by atoms with van der Waals surface area (Å²) in [6.07, 6.45) is 10.9. The third-order valence-corrected chi connectivity index (χ3v) is 5.43. The third-order valence-electron chi connectivity index (χ3n) is 5.43. The molecular weight excluding hydrogens is 304 g/mol. The second kappa shape index (κ2) is 6.37. The van der Waals surface area contributed by atoms with E-state index < -0.39 is 0 Å². The maximum Gasteiger partial charge on any atom is 0.225 e. The molecule has 1 saturated heterocycles. The van der Waals surface area contributed by atoms with Crippen molar-refractivity contribution in [2.24, 2.45) is 13.0 Å². The fraction of sp³-hybridized carbons (Fsp3) is 0.647. The fourth-order valence-electron chi connectivity index (χ4n) is 3.71. The van der Waals surface area contributed by atoms with Gasteiger partial charge in [0.15, 0.2) is 5.82 Å². The van der Waals surface area contributed by atoms with Crippen LogP contribution in [0.25, 0.3) is 0 Å². The molecule has 1 aliphatic carbocycles. The molecule has 0 N–H and O–H groups in total. The molecule has 0 unspecified atom stereocenters. The molecule has 24 heavy (non-hydrogen) atoms. The van der Waals surface area contributed by atoms with Gasteiger partial charge in [0.1, 0.15) is 5.82 Å². The Kier molecular flexibility index (Phi) is 4.08. The molecule has 2 aromatic rings. The first-order valence-electron chi connectivity index (χ1n) is 8.85. The van der Waals surface area contributed by atoms with E-state index in [0.29, 0.717) is 12.5 Å². The number of nitrogens with zero attached hydrogens (tertiary/aromatic N) is 6. The van der Waals surface area contributed by atoms with Crippen LogP contribution >= 0.6 is 0 Å². The van der Waals surface area contributed by atoms with Crippen molar-refractivity contribution in [2.45, 2.75) is 44.6 Å². The van der Waals surface area contributed by atoms with Crippen molar-refractivity contribution in [1.29, 1.82) is 0 Å². The molecule has 0 aromatic carbocycles. The molecule has 0 spiro atoms. The molecular formula is C17H24N6O. The van der Waals surface area contributed by atoms with E-state index in [2.05, 4.69) is 24.6 Å². The molecule has 7 nitrogen and oxygen atoms in total. The first-order valence-corrected chi connectivity index (χ1v) is 8.85. The van der Waals surface area contributed by atoms with E-state index in [0.717, 1.165) is 50.4 Å². The minimum absolute atomic E-state index is 0.278. The van der Waals surface area contributed by atoms with Gasteiger partial charge in [-0.15, -0.1) is 10.2 Å². The van der Waals surface area contributed by atoms with Gasteiger partial charge in [-0.3, -0.25) is 4.79 Å². The number of carbonyl (C=O) groups excluding carboxylic acids is 1. The van der Waals surface area contributed by atoms with Crippen LogP contribution in [0.2, 0.25) is 0 Å². The molecule has 2 aliphatic rings. The van der Waals surface area contributed by atoms with E-state index in [-0.39, 0.29) is 11.8 Å². The summed E-state index contributed by atoms with van der Waals surface area (Å²) in [6, 6.07) is 0. The van der Waals surface area contributed by atoms with E-state index >= 15 is 0 Å². The van der Waals surface area contributed by atoms with Gasteiger partial charge in [0.2, 0.25) is 5.91 Å². The second-order valence-electron chi connectivity index (χ2n) is 7.02. The number of aromatic nitrogens is 5. The number of hydrogen-bond donors (Lipinski definition) is 0. The number of carbonyl (C=O) groups is 1. The highest BCUT2D eigenvalue weighted by Crippen LogP contribution is 2.32. The topological polar surface area (TPSA) is 68.8 Å². The Balaban J connectivity index is 1.47. The SMILES string of the molecule is Cn1c(Cn2ccnc2)nnc1[C@H]1CCCN(C(=O)C2CCC2)C1. The van der Waals surface area contributed by atoms with Crippen molar-refractivity contribution in [2.75, 3.05) is 13.1 Å². The van der Waals surface area contributed by atoms with E-state index in [1.807, 2.05) is 17.8 Å². The largest absolute Gasteiger partial charge is 0.342 e. The van der Waals surface area contributed by atoms with Gasteiger partial charge in [-0.1, -0.05) is 6.42 Å². The van der Waals surface area contributed by atoms with Crippen molar-refractivity contribution in [3.05, 3.63) is 30.4 Å². The molecule has 3 heterocycles. The van der Waals surface area contributed by atoms with Crippen LogP contribution in [0, 0.1) is 5.92 Å². The van der Waals surface area contributed by atoms with Gasteiger partial charge in [0.05, 0.1) is 12.9 Å². The number of imidazole rings is 1. The molecule has 1 amide bonds. The fourth-order valence-corrected chi connectivity index (χ4v) is 3.71. The van der Waals surface area contributed by atoms with Gasteiger partial charge in [0, 0.05) is 44.4 Å². The van der Waals surface area contributed by atoms with Gasteiger partial charge in [-0.05, 0) is 25.7 Å². The highest BCUT2D eigenvalue weighted by Gasteiger charge is 2.33. The number of hydrogen-bond acceptors (Lipinski definition) is 4. The normalized spacial score (nSPS) is 21.7. The first-order chi connectivity index (χ1) is 11.7. The highest BCUT2D eigenvalue weighted by molar-refractivity contribution is 5.79. The minimum atomic E-state index is 0.278. The van der Waals surface area contributed by atoms with Crippen molar-refractivity contribution in [3.8, 4) is 0 Å². The maximum absolute atomic E-state index is 12.5. The van der Waals surface area contributed by atoms with E-state index in [4.69, 9.17) is 0 Å². The lowest BCUT2D eigenvalue weighted by molar-refractivity contribution is -0.139. The smallest absolute Gasteiger partial charge is 0.225 e. The second-order valence-corrected chi connectivity index (χ2v) is 7.02. The summed E-state index contributed by atoms with van der Waals surface area (Å²) in [6.45, 7) is 2.35. The molecule has 128 valence electrons. The molecule has 4 rings (SSSR count). The Bertz CT molecular complexity index is 703. The zero-order valence-electron chi connectivity index (χ0n) is 14.1. The monoisotopic (exact) mass is 328 g/mol. The van der Waals surface area contributed by atoms with Crippen LogP contribution in [0.15, 0.2) is 18.7 Å². The van der Waals surface area contributed by atoms with Crippen LogP contribution in [0.5, 0.6) is 0 Å². The van der Waals surface area contributed by atoms with Crippen molar-refractivity contribution in [3.63, 3.8) is 0 Å². The van der Waals surface area contributed by atoms with Crippen LogP contribution < -0.4 is 0 Å². The van der Waals surface area contributed by atoms with Crippen molar-refractivity contribution in [1.82, 2.24) is 29.2 Å². The van der Waals surface area contributed by atoms with Gasteiger partial charge in [-0.2, -0.15) is 0 Å². The van der Waals surface area contributed by atoms with Crippen LogP contribution in [0.4, 0.5) is 0 Å². The van der Waals surface area contributed by atoms with Crippen LogP contribution in [0.1, 0.15) is 49.7 Å². The van der Waals surface area contributed by atoms with E-state index in [1.165, 1.54) is 6.42 Å². The standard InChI is InChI=1S/C17H24N6O/c1-21-15(11-22-9-7-18-12-22)19-20-16(21)14-6-3-8-23(10-14)17(24)13-4-2-5-13/h7,9,12-14H,2-6,8,10-11H2,1H3/t14-/m0/s1. The quantitative estimate of drug-likeness (QED) is 0.854. The molecule has 1 aliphatic heterocycles. The zero-order valence-corrected chi connectivity index (χ0v) is 14.1. The Labute approximate surface area is 141 Å². The van der Waals surface area contributed by atoms with E-state index in [9.17, 15) is 4.79 Å².